The summed E-state index contributed by atoms with van der Waals surface area (Å²) in [7, 11) is 1.68. The molecule has 20 heavy (non-hydrogen) atoms. The van der Waals surface area contributed by atoms with Gasteiger partial charge >= 0.3 is 0 Å². The zero-order valence-corrected chi connectivity index (χ0v) is 11.6. The van der Waals surface area contributed by atoms with Gasteiger partial charge in [0.2, 0.25) is 0 Å². The third-order valence-electron chi connectivity index (χ3n) is 3.58. The fourth-order valence-electron chi connectivity index (χ4n) is 2.44. The molecule has 0 saturated carbocycles. The lowest BCUT2D eigenvalue weighted by Crippen LogP contribution is -2.18. The van der Waals surface area contributed by atoms with Crippen LogP contribution in [0.1, 0.15) is 11.1 Å². The topological polar surface area (TPSA) is 18.5 Å². The minimum Gasteiger partial charge on any atom is -0.497 e. The molecule has 1 aliphatic heterocycles. The molecule has 0 aromatic heterocycles. The molecule has 0 radical (unpaired) electrons. The monoisotopic (exact) mass is 266 g/mol. The third-order valence-corrected chi connectivity index (χ3v) is 3.58. The van der Waals surface area contributed by atoms with Crippen molar-refractivity contribution in [3.63, 3.8) is 0 Å². The van der Waals surface area contributed by atoms with E-state index in [1.165, 1.54) is 11.1 Å². The molecule has 2 nitrogen and oxygen atoms in total. The third kappa shape index (κ3) is 2.85. The van der Waals surface area contributed by atoms with Crippen LogP contribution in [0.4, 0.5) is 0 Å². The largest absolute Gasteiger partial charge is 0.497 e. The van der Waals surface area contributed by atoms with Crippen LogP contribution in [-0.4, -0.2) is 13.7 Å². The van der Waals surface area contributed by atoms with Crippen LogP contribution < -0.4 is 9.47 Å². The maximum absolute atomic E-state index is 5.79. The Labute approximate surface area is 119 Å². The van der Waals surface area contributed by atoms with Crippen LogP contribution in [0.5, 0.6) is 11.5 Å². The normalized spacial score (nSPS) is 17.6. The van der Waals surface area contributed by atoms with E-state index in [2.05, 4.69) is 36.4 Å². The molecule has 0 fully saturated rings. The molecule has 0 amide bonds. The van der Waals surface area contributed by atoms with Gasteiger partial charge in [-0.15, -0.1) is 0 Å². The van der Waals surface area contributed by atoms with Crippen LogP contribution in [0.15, 0.2) is 54.6 Å². The summed E-state index contributed by atoms with van der Waals surface area (Å²) in [6.07, 6.45) is 5.43. The lowest BCUT2D eigenvalue weighted by Gasteiger charge is -2.22. The van der Waals surface area contributed by atoms with Crippen LogP contribution in [0, 0.1) is 5.92 Å². The summed E-state index contributed by atoms with van der Waals surface area (Å²) >= 11 is 0. The Hall–Kier alpha value is -2.22. The minimum absolute atomic E-state index is 0.437. The Morgan fingerprint density at radius 3 is 2.70 bits per heavy atom. The number of benzene rings is 2. The summed E-state index contributed by atoms with van der Waals surface area (Å²) in [5.41, 5.74) is 2.48. The van der Waals surface area contributed by atoms with E-state index in [0.29, 0.717) is 5.92 Å². The Morgan fingerprint density at radius 1 is 1.10 bits per heavy atom. The number of hydrogen-bond donors (Lipinski definition) is 0. The predicted molar refractivity (Wildman–Crippen MR) is 81.2 cm³/mol. The van der Waals surface area contributed by atoms with E-state index in [1.807, 2.05) is 24.3 Å². The van der Waals surface area contributed by atoms with Gasteiger partial charge in [-0.25, -0.2) is 0 Å². The molecular weight excluding hydrogens is 248 g/mol. The molecule has 2 aromatic rings. The van der Waals surface area contributed by atoms with Gasteiger partial charge in [-0.05, 0) is 35.7 Å². The minimum atomic E-state index is 0.437. The van der Waals surface area contributed by atoms with Crippen molar-refractivity contribution < 1.29 is 9.47 Å². The number of methoxy groups -OCH3 is 1. The number of para-hydroxylation sites is 1. The van der Waals surface area contributed by atoms with Gasteiger partial charge in [0.05, 0.1) is 13.7 Å². The van der Waals surface area contributed by atoms with Crippen molar-refractivity contribution in [1.82, 2.24) is 0 Å². The number of rotatable bonds is 3. The number of fused-ring (bicyclic) bond motifs is 1. The van der Waals surface area contributed by atoms with Crippen molar-refractivity contribution in [2.45, 2.75) is 6.42 Å². The van der Waals surface area contributed by atoms with E-state index in [-0.39, 0.29) is 0 Å². The van der Waals surface area contributed by atoms with Crippen LogP contribution in [0.2, 0.25) is 0 Å². The molecule has 3 rings (SSSR count). The van der Waals surface area contributed by atoms with Gasteiger partial charge in [-0.3, -0.25) is 0 Å². The highest BCUT2D eigenvalue weighted by Crippen LogP contribution is 2.27. The average molecular weight is 266 g/mol. The number of hydrogen-bond acceptors (Lipinski definition) is 2. The molecule has 2 aromatic carbocycles. The van der Waals surface area contributed by atoms with Crippen LogP contribution in [-0.2, 0) is 6.42 Å². The van der Waals surface area contributed by atoms with Crippen LogP contribution >= 0.6 is 0 Å². The summed E-state index contributed by atoms with van der Waals surface area (Å²) in [6.45, 7) is 0.754. The van der Waals surface area contributed by atoms with Gasteiger partial charge in [0.15, 0.2) is 0 Å². The SMILES string of the molecule is COc1ccc(/C=C/[C@H]2COc3ccccc3C2)cc1. The molecule has 0 N–H and O–H groups in total. The molecule has 1 atom stereocenters. The Morgan fingerprint density at radius 2 is 1.90 bits per heavy atom. The summed E-state index contributed by atoms with van der Waals surface area (Å²) in [4.78, 5) is 0. The van der Waals surface area contributed by atoms with Gasteiger partial charge in [-0.1, -0.05) is 42.5 Å². The lowest BCUT2D eigenvalue weighted by atomic mass is 9.96. The molecular formula is C18H18O2. The van der Waals surface area contributed by atoms with Crippen molar-refractivity contribution in [1.29, 1.82) is 0 Å². The smallest absolute Gasteiger partial charge is 0.122 e. The molecule has 2 heteroatoms. The van der Waals surface area contributed by atoms with Gasteiger partial charge in [-0.2, -0.15) is 0 Å². The van der Waals surface area contributed by atoms with Gasteiger partial charge in [0.25, 0.3) is 0 Å². The maximum atomic E-state index is 5.79. The average Bonchev–Trinajstić information content (AvgIpc) is 2.53. The fraction of sp³-hybridized carbons (Fsp3) is 0.222. The molecule has 1 heterocycles. The quantitative estimate of drug-likeness (QED) is 0.837. The van der Waals surface area contributed by atoms with Gasteiger partial charge in [0, 0.05) is 5.92 Å². The molecule has 0 spiro atoms. The fourth-order valence-corrected chi connectivity index (χ4v) is 2.44. The van der Waals surface area contributed by atoms with Crippen LogP contribution in [0.3, 0.4) is 0 Å². The summed E-state index contributed by atoms with van der Waals surface area (Å²) < 4.78 is 10.9. The highest BCUT2D eigenvalue weighted by atomic mass is 16.5. The molecule has 1 aliphatic rings. The van der Waals surface area contributed by atoms with E-state index >= 15 is 0 Å². The summed E-state index contributed by atoms with van der Waals surface area (Å²) in [5, 5.41) is 0. The summed E-state index contributed by atoms with van der Waals surface area (Å²) in [5.74, 6) is 2.35. The van der Waals surface area contributed by atoms with Crippen molar-refractivity contribution >= 4 is 6.08 Å². The highest BCUT2D eigenvalue weighted by molar-refractivity contribution is 5.51. The van der Waals surface area contributed by atoms with E-state index in [9.17, 15) is 0 Å². The van der Waals surface area contributed by atoms with E-state index in [4.69, 9.17) is 9.47 Å². The first-order valence-corrected chi connectivity index (χ1v) is 6.88. The Balaban J connectivity index is 1.68. The molecule has 0 saturated heterocycles. The van der Waals surface area contributed by atoms with Crippen molar-refractivity contribution in [3.05, 3.63) is 65.7 Å². The van der Waals surface area contributed by atoms with E-state index in [0.717, 1.165) is 24.5 Å². The van der Waals surface area contributed by atoms with Crippen LogP contribution in [0.25, 0.3) is 6.08 Å². The summed E-state index contributed by atoms with van der Waals surface area (Å²) in [6, 6.07) is 16.4. The van der Waals surface area contributed by atoms with Crippen molar-refractivity contribution in [3.8, 4) is 11.5 Å². The van der Waals surface area contributed by atoms with E-state index in [1.54, 1.807) is 7.11 Å². The second-order valence-electron chi connectivity index (χ2n) is 5.02. The first kappa shape index (κ1) is 12.8. The second-order valence-corrected chi connectivity index (χ2v) is 5.02. The lowest BCUT2D eigenvalue weighted by molar-refractivity contribution is 0.250. The standard InChI is InChI=1S/C18H18O2/c1-19-17-10-8-14(9-11-17)6-7-15-12-16-4-2-3-5-18(16)20-13-15/h2-11,15H,12-13H2,1H3/b7-6+/t15-/m1/s1. The Kier molecular flexibility index (Phi) is 3.73. The number of ether oxygens (including phenoxy) is 2. The van der Waals surface area contributed by atoms with Gasteiger partial charge < -0.3 is 9.47 Å². The van der Waals surface area contributed by atoms with E-state index < -0.39 is 0 Å². The van der Waals surface area contributed by atoms with Crippen molar-refractivity contribution in [2.24, 2.45) is 5.92 Å². The zero-order valence-electron chi connectivity index (χ0n) is 11.6. The first-order valence-electron chi connectivity index (χ1n) is 6.88. The van der Waals surface area contributed by atoms with Gasteiger partial charge in [0.1, 0.15) is 11.5 Å². The first-order chi connectivity index (χ1) is 9.85. The predicted octanol–water partition coefficient (Wildman–Crippen LogP) is 3.96. The zero-order chi connectivity index (χ0) is 13.8. The molecule has 0 aliphatic carbocycles. The Bertz CT molecular complexity index is 599. The highest BCUT2D eigenvalue weighted by Gasteiger charge is 2.16. The molecule has 0 unspecified atom stereocenters. The maximum Gasteiger partial charge on any atom is 0.122 e. The molecule has 102 valence electrons. The van der Waals surface area contributed by atoms with Crippen molar-refractivity contribution in [2.75, 3.05) is 13.7 Å². The molecule has 0 bridgehead atoms. The second kappa shape index (κ2) is 5.83.